The molecule has 0 atom stereocenters. The minimum absolute atomic E-state index is 0.0393. The predicted molar refractivity (Wildman–Crippen MR) is 165 cm³/mol. The number of Topliss-reactive ketones (excluding diaryl/α,β-unsaturated/α-hetero) is 4. The van der Waals surface area contributed by atoms with Crippen LogP contribution in [0.1, 0.15) is 52.7 Å². The van der Waals surface area contributed by atoms with E-state index in [-0.39, 0.29) is 33.4 Å². The van der Waals surface area contributed by atoms with Gasteiger partial charge in [-0.1, -0.05) is 12.1 Å². The average Bonchev–Trinajstić information content (AvgIpc) is 3.83. The van der Waals surface area contributed by atoms with Gasteiger partial charge < -0.3 is 0 Å². The van der Waals surface area contributed by atoms with E-state index < -0.39 is 46.6 Å². The molecule has 0 amide bonds. The van der Waals surface area contributed by atoms with Gasteiger partial charge in [0, 0.05) is 42.8 Å². The number of thiophene rings is 2. The molecule has 3 aromatic carbocycles. The Morgan fingerprint density at radius 1 is 0.532 bits per heavy atom. The van der Waals surface area contributed by atoms with E-state index >= 15 is 0 Å². The Bertz CT molecular complexity index is 2360. The highest BCUT2D eigenvalue weighted by Gasteiger charge is 2.39. The van der Waals surface area contributed by atoms with Crippen molar-refractivity contribution in [3.63, 3.8) is 0 Å². The number of fused-ring (bicyclic) bond motifs is 8. The average molecular weight is 697 g/mol. The van der Waals surface area contributed by atoms with Gasteiger partial charge in [-0.25, -0.2) is 0 Å². The zero-order valence-corrected chi connectivity index (χ0v) is 25.2. The van der Waals surface area contributed by atoms with Crippen molar-refractivity contribution >= 4 is 112 Å². The van der Waals surface area contributed by atoms with Crippen LogP contribution in [0.3, 0.4) is 0 Å². The molecule has 6 nitrogen and oxygen atoms in total. The summed E-state index contributed by atoms with van der Waals surface area (Å²) in [5.41, 5.74) is -1.53. The molecule has 15 heteroatoms. The summed E-state index contributed by atoms with van der Waals surface area (Å²) in [7, 11) is 0. The van der Waals surface area contributed by atoms with Crippen LogP contribution in [-0.4, -0.2) is 31.9 Å². The molecule has 2 aliphatic carbocycles. The van der Waals surface area contributed by atoms with Crippen molar-refractivity contribution < 1.29 is 45.5 Å². The fraction of sp³-hybridized carbons (Fsp3) is 0.0625. The molecule has 0 bridgehead atoms. The van der Waals surface area contributed by atoms with E-state index in [2.05, 4.69) is 8.75 Å². The molecule has 2 aliphatic rings. The van der Waals surface area contributed by atoms with Crippen LogP contribution >= 0.6 is 34.4 Å². The highest BCUT2D eigenvalue weighted by Crippen LogP contribution is 2.46. The molecule has 47 heavy (non-hydrogen) atoms. The molecular weight excluding hydrogens is 687 g/mol. The van der Waals surface area contributed by atoms with Gasteiger partial charge in [0.2, 0.25) is 23.1 Å². The topological polar surface area (TPSA) is 94.1 Å². The second-order valence-electron chi connectivity index (χ2n) is 10.7. The van der Waals surface area contributed by atoms with Gasteiger partial charge in [-0.3, -0.25) is 19.2 Å². The fourth-order valence-electron chi connectivity index (χ4n) is 5.79. The zero-order chi connectivity index (χ0) is 33.2. The van der Waals surface area contributed by atoms with Crippen molar-refractivity contribution in [2.24, 2.45) is 0 Å². The Labute approximate surface area is 269 Å². The largest absolute Gasteiger partial charge is 0.416 e. The summed E-state index contributed by atoms with van der Waals surface area (Å²) in [5, 5.41) is 1.33. The lowest BCUT2D eigenvalue weighted by atomic mass is 10.0. The maximum Gasteiger partial charge on any atom is 0.416 e. The van der Waals surface area contributed by atoms with Crippen LogP contribution in [0.15, 0.2) is 48.5 Å². The molecule has 3 heterocycles. The molecule has 0 saturated heterocycles. The Morgan fingerprint density at radius 2 is 0.936 bits per heavy atom. The second-order valence-corrected chi connectivity index (χ2v) is 13.4. The van der Waals surface area contributed by atoms with Crippen molar-refractivity contribution in [1.82, 2.24) is 8.75 Å². The van der Waals surface area contributed by atoms with Crippen LogP contribution in [0.25, 0.3) is 54.5 Å². The van der Waals surface area contributed by atoms with Crippen LogP contribution < -0.4 is 0 Å². The third-order valence-electron chi connectivity index (χ3n) is 7.95. The number of nitrogens with zero attached hydrogens (tertiary/aromatic N) is 2. The minimum atomic E-state index is -4.69. The number of aromatic nitrogens is 2. The maximum atomic E-state index is 13.3. The first-order valence-corrected chi connectivity index (χ1v) is 15.7. The van der Waals surface area contributed by atoms with Crippen LogP contribution in [0, 0.1) is 0 Å². The lowest BCUT2D eigenvalue weighted by Gasteiger charge is -2.07. The van der Waals surface area contributed by atoms with Crippen molar-refractivity contribution in [3.05, 3.63) is 91.7 Å². The van der Waals surface area contributed by atoms with Crippen molar-refractivity contribution in [3.8, 4) is 0 Å². The lowest BCUT2D eigenvalue weighted by molar-refractivity contribution is -0.138. The third kappa shape index (κ3) is 4.44. The van der Waals surface area contributed by atoms with E-state index in [1.54, 1.807) is 12.1 Å². The van der Waals surface area contributed by atoms with Crippen molar-refractivity contribution in [1.29, 1.82) is 0 Å². The number of hydrogen-bond donors (Lipinski definition) is 0. The summed E-state index contributed by atoms with van der Waals surface area (Å²) < 4.78 is 89.8. The van der Waals surface area contributed by atoms with E-state index in [1.165, 1.54) is 34.8 Å². The maximum absolute atomic E-state index is 13.3. The molecule has 0 N–H and O–H groups in total. The molecule has 8 rings (SSSR count). The molecule has 0 fully saturated rings. The smallest absolute Gasteiger partial charge is 0.285 e. The van der Waals surface area contributed by atoms with Crippen LogP contribution in [0.5, 0.6) is 0 Å². The van der Waals surface area contributed by atoms with E-state index in [1.807, 2.05) is 0 Å². The molecule has 0 radical (unpaired) electrons. The van der Waals surface area contributed by atoms with Gasteiger partial charge in [-0.2, -0.15) is 35.1 Å². The summed E-state index contributed by atoms with van der Waals surface area (Å²) in [6.45, 7) is 0. The first kappa shape index (κ1) is 29.5. The summed E-state index contributed by atoms with van der Waals surface area (Å²) in [6, 6.07) is 8.67. The number of ketones is 4. The Balaban J connectivity index is 1.26. The van der Waals surface area contributed by atoms with Gasteiger partial charge in [0.05, 0.1) is 32.3 Å². The number of rotatable bonds is 2. The lowest BCUT2D eigenvalue weighted by Crippen LogP contribution is -2.08. The number of hydrogen-bond acceptors (Lipinski definition) is 9. The second kappa shape index (κ2) is 9.82. The van der Waals surface area contributed by atoms with E-state index in [4.69, 9.17) is 0 Å². The molecular formula is C32H10F6N2O4S3. The number of halogens is 6. The zero-order valence-electron chi connectivity index (χ0n) is 22.8. The van der Waals surface area contributed by atoms with Gasteiger partial charge in [-0.05, 0) is 59.7 Å². The molecule has 6 aromatic rings. The molecule has 0 aliphatic heterocycles. The van der Waals surface area contributed by atoms with Gasteiger partial charge in [-0.15, -0.1) is 22.7 Å². The SMILES string of the molecule is O=C1C(=O)c2cc(C(F)(F)F)ccc2/C1=C/c1cc2c3nsnc3c3cc(/C=C4\C(=O)C(=O)c5cc(C(F)(F)F)ccc54)sc3c2s1. The monoisotopic (exact) mass is 696 g/mol. The van der Waals surface area contributed by atoms with E-state index in [0.717, 1.165) is 45.4 Å². The number of alkyl halides is 6. The molecule has 0 unspecified atom stereocenters. The van der Waals surface area contributed by atoms with Gasteiger partial charge >= 0.3 is 12.4 Å². The summed E-state index contributed by atoms with van der Waals surface area (Å²) >= 11 is 3.44. The van der Waals surface area contributed by atoms with E-state index in [0.29, 0.717) is 43.7 Å². The van der Waals surface area contributed by atoms with Crippen molar-refractivity contribution in [2.45, 2.75) is 12.4 Å². The van der Waals surface area contributed by atoms with Crippen LogP contribution in [0.4, 0.5) is 26.3 Å². The van der Waals surface area contributed by atoms with E-state index in [9.17, 15) is 45.5 Å². The van der Waals surface area contributed by atoms with Gasteiger partial charge in [0.1, 0.15) is 11.0 Å². The van der Waals surface area contributed by atoms with Crippen LogP contribution in [-0.2, 0) is 21.9 Å². The summed E-state index contributed by atoms with van der Waals surface area (Å²) in [5.74, 6) is -3.91. The normalized spacial score (nSPS) is 17.0. The molecule has 0 saturated carbocycles. The van der Waals surface area contributed by atoms with Crippen LogP contribution in [0.2, 0.25) is 0 Å². The first-order chi connectivity index (χ1) is 22.2. The summed E-state index contributed by atoms with van der Waals surface area (Å²) in [6.07, 6.45) is -6.48. The number of carbonyl (C=O) groups excluding carboxylic acids is 4. The van der Waals surface area contributed by atoms with Gasteiger partial charge in [0.15, 0.2) is 0 Å². The number of allylic oxidation sites excluding steroid dienone is 2. The number of benzene rings is 3. The highest BCUT2D eigenvalue weighted by atomic mass is 32.1. The standard InChI is InChI=1S/C32H10F6N2O4S3/c33-31(34,35)11-1-3-15-17(5-11)25(41)27(43)19(15)7-13-9-21-23-24(40-47-39-23)22-10-14(46-30(22)29(21)45-13)8-20-16-4-2-12(32(36,37)38)6-18(16)26(42)28(20)44/h1-10H/b19-7-,20-8-. The molecule has 232 valence electrons. The minimum Gasteiger partial charge on any atom is -0.285 e. The van der Waals surface area contributed by atoms with Crippen molar-refractivity contribution in [2.75, 3.05) is 0 Å². The third-order valence-corrected chi connectivity index (χ3v) is 10.8. The predicted octanol–water partition coefficient (Wildman–Crippen LogP) is 8.77. The highest BCUT2D eigenvalue weighted by molar-refractivity contribution is 7.28. The fourth-order valence-corrected chi connectivity index (χ4v) is 8.72. The summed E-state index contributed by atoms with van der Waals surface area (Å²) in [4.78, 5) is 52.0. The quantitative estimate of drug-likeness (QED) is 0.102. The van der Waals surface area contributed by atoms with Gasteiger partial charge in [0.25, 0.3) is 0 Å². The Morgan fingerprint density at radius 3 is 1.32 bits per heavy atom. The number of carbonyl (C=O) groups is 4. The molecule has 0 spiro atoms. The molecule has 3 aromatic heterocycles. The Kier molecular flexibility index (Phi) is 6.17. The Hall–Kier alpha value is -4.86. The first-order valence-electron chi connectivity index (χ1n) is 13.4.